The van der Waals surface area contributed by atoms with E-state index in [2.05, 4.69) is 95.3 Å². The number of aromatic amines is 1. The van der Waals surface area contributed by atoms with Crippen LogP contribution in [0.1, 0.15) is 189 Å². The number of carbonyl (C=O) groups excluding carboxylic acids is 7. The first kappa shape index (κ1) is 102. The molecule has 6 saturated heterocycles. The molecule has 0 radical (unpaired) electrons. The molecule has 35 nitrogen and oxygen atoms in total. The number of hydrogen-bond donors (Lipinski definition) is 8. The number of esters is 1. The second kappa shape index (κ2) is 45.6. The molecular weight excluding hydrogens is 1910 g/mol. The Balaban J connectivity index is 0.000000161. The van der Waals surface area contributed by atoms with Crippen LogP contribution in [0.5, 0.6) is 17.2 Å². The number of aliphatic carboxylic acids is 1. The number of carboxylic acids is 1. The van der Waals surface area contributed by atoms with Crippen molar-refractivity contribution in [3.8, 4) is 40.0 Å². The number of amides is 6. The van der Waals surface area contributed by atoms with E-state index in [-0.39, 0.29) is 73.8 Å². The molecule has 0 bridgehead atoms. The standard InChI is InChI=1S/C46H61N7O9S.C32H42BrN3O9S.C21H26N4O3S.CH4/c1-27(2)47-44-49-38(26-63-44)37-23-40(34-11-10-31(21-36(34)48-37)60-17-14-52-12-15-59-16-13-52)61-33-22-39-41(54)51-46(43(56)57)24-30(46)8-6-4-3-5-7-9-35(42(55)53(39)25-33)50-45(58)62-32-19-28-18-29(28)20-32;1-43-30(39)32-17-21(32)7-5-3-2-4-6-8-26(34-31(40)44-23-14-19-13-20(19)15-23)29(38)36-18-24(16-27(36)28(37)35-32)45-46(41,42)25-11-9-22(33)10-12-25;1-14(2)22-21-24-19(13-29-21)18-12-20(26)16-4-3-15(11-17(16)23-18)28-10-7-25-5-8-27-9-6-25;/h10-11,21,23,26-30,32-33,35,39H,3-9,12-20,22,24-25H2,1-2H3,(H,47,49)(H,50,58)(H,51,54)(H,56,57);9-12,19-21,23-24,26-27H,2-8,13-18H2,1H3,(H,34,40)(H,35,37);3-4,11-14H,5-10H2,1-2H3,(H,22,24)(H,23,26);1H4/t28-,29+,30-,32?,33-,35+,39+,46-;19-,20+,21-,23?,24+,26+,27+,32-;;/m11../s1. The van der Waals surface area contributed by atoms with E-state index in [1.54, 1.807) is 18.2 Å². The number of anilines is 2. The van der Waals surface area contributed by atoms with Gasteiger partial charge < -0.3 is 89.7 Å². The predicted octanol–water partition coefficient (Wildman–Crippen LogP) is 13.5. The molecule has 12 aliphatic rings. The number of nitrogens with one attached hydrogen (secondary N) is 7. The van der Waals surface area contributed by atoms with Crippen molar-refractivity contribution in [2.75, 3.05) is 110 Å². The summed E-state index contributed by atoms with van der Waals surface area (Å²) in [5, 5.41) is 35.4. The van der Waals surface area contributed by atoms with Gasteiger partial charge in [-0.15, -0.1) is 22.7 Å². The van der Waals surface area contributed by atoms with Gasteiger partial charge in [-0.05, 0) is 189 Å². The molecular formula is C100H133BrN14O21S3. The zero-order valence-electron chi connectivity index (χ0n) is 79.0. The molecule has 19 rings (SSSR count). The van der Waals surface area contributed by atoms with Crippen molar-refractivity contribution in [2.24, 2.45) is 35.5 Å². The predicted molar refractivity (Wildman–Crippen MR) is 527 cm³/mol. The van der Waals surface area contributed by atoms with Crippen LogP contribution in [-0.4, -0.2) is 272 Å². The van der Waals surface area contributed by atoms with Gasteiger partial charge >= 0.3 is 24.1 Å². The Labute approximate surface area is 827 Å². The first-order chi connectivity index (χ1) is 66.6. The Morgan fingerprint density at radius 2 is 1.04 bits per heavy atom. The van der Waals surface area contributed by atoms with Crippen molar-refractivity contribution < 1.29 is 94.0 Å². The normalized spacial score (nSPS) is 28.2. The number of hydrogen-bond acceptors (Lipinski definition) is 29. The van der Waals surface area contributed by atoms with Crippen LogP contribution in [0.15, 0.2) is 97.7 Å². The summed E-state index contributed by atoms with van der Waals surface area (Å²) in [5.74, 6) is 0.474. The van der Waals surface area contributed by atoms with Crippen molar-refractivity contribution in [2.45, 2.75) is 266 Å². The number of rotatable bonds is 25. The number of aromatic nitrogens is 4. The van der Waals surface area contributed by atoms with E-state index in [9.17, 15) is 56.7 Å². The first-order valence-electron chi connectivity index (χ1n) is 49.4. The Kier molecular flexibility index (Phi) is 33.5. The SMILES string of the molecule is C.CC(C)Nc1nc(-c2cc(=O)c3ccc(OCCN4CCOCC4)cc3[nH]2)cs1.CC(C)Nc1nc(-c2cc(O[C@@H]3C[C@H]4C(=O)N[C@]5(C(=O)O)C[C@H]5CCCCCCC[C@H](NC(=O)OC5C[C@@H]6C[C@@H]6C5)C(=O)N4C3)c3ccc(OCCN4CCOCC4)cc3n2)cs1.COC(=O)[C@@]12C[C@H]1CCCCCCC[C@H](NC(=O)OC1C[C@@H]3C[C@@H]3C1)C(=O)N1C[C@@H](OS(=O)(=O)c3ccc(Br)cc3)C[C@H]1C(=O)N2. The molecule has 6 amide bonds. The topological polar surface area (TPSA) is 431 Å². The van der Waals surface area contributed by atoms with Crippen LogP contribution in [-0.2, 0) is 66.8 Å². The fraction of sp³-hybridized carbons (Fsp3) is 0.620. The van der Waals surface area contributed by atoms with Gasteiger partial charge in [0.2, 0.25) is 23.6 Å². The minimum atomic E-state index is -4.23. The Morgan fingerprint density at radius 3 is 1.58 bits per heavy atom. The summed E-state index contributed by atoms with van der Waals surface area (Å²) < 4.78 is 79.1. The summed E-state index contributed by atoms with van der Waals surface area (Å²) in [6.07, 6.45) is 13.9. The zero-order chi connectivity index (χ0) is 96.5. The molecule has 0 spiro atoms. The lowest BCUT2D eigenvalue weighted by Gasteiger charge is -2.30. The maximum Gasteiger partial charge on any atom is 0.408 e. The second-order valence-corrected chi connectivity index (χ2v) is 43.9. The van der Waals surface area contributed by atoms with Crippen molar-refractivity contribution in [3.05, 3.63) is 98.3 Å². The number of benzene rings is 3. The van der Waals surface area contributed by atoms with Crippen molar-refractivity contribution in [1.29, 1.82) is 0 Å². The maximum absolute atomic E-state index is 14.8. The number of nitrogens with zero attached hydrogens (tertiary/aromatic N) is 7. The summed E-state index contributed by atoms with van der Waals surface area (Å²) in [5.41, 5.74) is 1.51. The van der Waals surface area contributed by atoms with Gasteiger partial charge in [0.05, 0.1) is 79.2 Å². The van der Waals surface area contributed by atoms with Gasteiger partial charge in [-0.3, -0.25) is 38.0 Å². The lowest BCUT2D eigenvalue weighted by molar-refractivity contribution is -0.148. The van der Waals surface area contributed by atoms with Gasteiger partial charge in [-0.1, -0.05) is 87.6 Å². The number of carbonyl (C=O) groups is 8. The molecule has 6 aliphatic carbocycles. The third-order valence-electron chi connectivity index (χ3n) is 28.9. The van der Waals surface area contributed by atoms with Crippen LogP contribution in [0.3, 0.4) is 0 Å². The van der Waals surface area contributed by atoms with Crippen molar-refractivity contribution in [3.63, 3.8) is 0 Å². The summed E-state index contributed by atoms with van der Waals surface area (Å²) in [6.45, 7) is 17.4. The molecule has 2 unspecified atom stereocenters. The molecule has 4 aromatic heterocycles. The maximum atomic E-state index is 14.8. The van der Waals surface area contributed by atoms with E-state index in [1.165, 1.54) is 64.6 Å². The average molecular weight is 2040 g/mol. The number of alkyl carbamates (subject to hydrolysis) is 2. The summed E-state index contributed by atoms with van der Waals surface area (Å²) in [7, 11) is -2.95. The van der Waals surface area contributed by atoms with Gasteiger partial charge in [0, 0.05) is 121 Å². The number of morpholine rings is 2. The molecule has 754 valence electrons. The van der Waals surface area contributed by atoms with Crippen LogP contribution in [0, 0.1) is 35.5 Å². The fourth-order valence-electron chi connectivity index (χ4n) is 21.0. The molecule has 10 heterocycles. The quantitative estimate of drug-likeness (QED) is 0.0150. The largest absolute Gasteiger partial charge is 0.492 e. The molecule has 16 atom stereocenters. The lowest BCUT2D eigenvalue weighted by Crippen LogP contribution is -2.56. The number of pyridine rings is 2. The van der Waals surface area contributed by atoms with Crippen LogP contribution in [0.4, 0.5) is 19.9 Å². The van der Waals surface area contributed by atoms with Crippen LogP contribution in [0.25, 0.3) is 44.6 Å². The third kappa shape index (κ3) is 25.8. The highest BCUT2D eigenvalue weighted by molar-refractivity contribution is 9.10. The molecule has 8 N–H and O–H groups in total. The highest BCUT2D eigenvalue weighted by atomic mass is 79.9. The van der Waals surface area contributed by atoms with Crippen molar-refractivity contribution in [1.82, 2.24) is 60.8 Å². The van der Waals surface area contributed by atoms with Gasteiger partial charge in [0.1, 0.15) is 89.7 Å². The smallest absolute Gasteiger partial charge is 0.408 e. The average Bonchev–Trinajstić information content (AvgIpc) is 1.58. The lowest BCUT2D eigenvalue weighted by atomic mass is 10.0. The summed E-state index contributed by atoms with van der Waals surface area (Å²) >= 11 is 6.30. The zero-order valence-corrected chi connectivity index (χ0v) is 83.1. The summed E-state index contributed by atoms with van der Waals surface area (Å²) in [6, 6.07) is 17.1. The van der Waals surface area contributed by atoms with Gasteiger partial charge in [-0.2, -0.15) is 8.42 Å². The van der Waals surface area contributed by atoms with Gasteiger partial charge in [0.25, 0.3) is 10.1 Å². The fourth-order valence-corrected chi connectivity index (χ4v) is 24.1. The van der Waals surface area contributed by atoms with E-state index >= 15 is 0 Å². The Morgan fingerprint density at radius 1 is 0.561 bits per heavy atom. The molecule has 6 aliphatic heterocycles. The Bertz CT molecular complexity index is 5680. The monoisotopic (exact) mass is 2040 g/mol. The number of methoxy groups -OCH3 is 1. The minimum absolute atomic E-state index is 0. The third-order valence-corrected chi connectivity index (χ3v) is 32.3. The highest BCUT2D eigenvalue weighted by Crippen LogP contribution is 2.55. The summed E-state index contributed by atoms with van der Waals surface area (Å²) in [4.78, 5) is 147. The number of fused-ring (bicyclic) bond motifs is 8. The first-order valence-corrected chi connectivity index (χ1v) is 53.3. The second-order valence-electron chi connectivity index (χ2n) is 39.7. The van der Waals surface area contributed by atoms with Crippen molar-refractivity contribution >= 4 is 129 Å². The number of ether oxygens (including phenoxy) is 8. The molecule has 139 heavy (non-hydrogen) atoms. The van der Waals surface area contributed by atoms with Crippen LogP contribution < -0.4 is 51.5 Å². The van der Waals surface area contributed by atoms with E-state index in [0.29, 0.717) is 150 Å². The number of carboxylic acid groups (broad SMARTS) is 1. The van der Waals surface area contributed by atoms with Gasteiger partial charge in [-0.25, -0.2) is 34.1 Å². The Hall–Kier alpha value is -9.87. The van der Waals surface area contributed by atoms with E-state index < -0.39 is 105 Å². The van der Waals surface area contributed by atoms with Gasteiger partial charge in [0.15, 0.2) is 15.7 Å². The molecule has 3 aromatic carbocycles. The van der Waals surface area contributed by atoms with Crippen LogP contribution in [0.2, 0.25) is 0 Å². The highest BCUT2D eigenvalue weighted by Gasteiger charge is 2.64. The molecule has 12 fully saturated rings. The van der Waals surface area contributed by atoms with E-state index in [0.717, 1.165) is 163 Å². The number of thiazole rings is 2. The number of H-pyrrole nitrogens is 1. The molecule has 7 aromatic rings. The van der Waals surface area contributed by atoms with E-state index in [4.69, 9.17) is 52.0 Å². The molecule has 6 saturated carbocycles. The van der Waals surface area contributed by atoms with E-state index in [1.807, 2.05) is 53.2 Å². The number of halogens is 1. The van der Waals surface area contributed by atoms with Crippen LogP contribution >= 0.6 is 38.6 Å². The minimum Gasteiger partial charge on any atom is -0.492 e. The molecule has 39 heteroatoms.